The van der Waals surface area contributed by atoms with Crippen molar-refractivity contribution in [2.24, 2.45) is 0 Å². The first-order valence-corrected chi connectivity index (χ1v) is 4.09. The second-order valence-corrected chi connectivity index (χ2v) is 2.76. The van der Waals surface area contributed by atoms with Gasteiger partial charge in [0.1, 0.15) is 0 Å². The number of amides is 1. The van der Waals surface area contributed by atoms with Crippen LogP contribution < -0.4 is 5.11 Å². The molecule has 0 rings (SSSR count). The number of nitrogens with one attached hydrogen (secondary N) is 1. The second kappa shape index (κ2) is 9.05. The average molecular weight is 209 g/mol. The smallest absolute Gasteiger partial charge is 0.499 e. The van der Waals surface area contributed by atoms with Gasteiger partial charge in [-0.05, 0) is 0 Å². The van der Waals surface area contributed by atoms with Crippen molar-refractivity contribution in [3.63, 3.8) is 0 Å². The van der Waals surface area contributed by atoms with Gasteiger partial charge in [0.2, 0.25) is 0 Å². The Morgan fingerprint density at radius 1 is 1.31 bits per heavy atom. The van der Waals surface area contributed by atoms with E-state index in [9.17, 15) is 14.2 Å². The standard InChI is InChI=1S/C3H4N2O2.C2H6O3P/c1-2(6)3(7)5-4;1-4-6(3)5-2/h5H,1H3;1-2H3/q;+1. The van der Waals surface area contributed by atoms with Crippen LogP contribution in [0.3, 0.4) is 0 Å². The zero-order valence-electron chi connectivity index (χ0n) is 7.44. The molecule has 74 valence electrons. The van der Waals surface area contributed by atoms with Crippen LogP contribution in [-0.4, -0.2) is 25.9 Å². The number of ketones is 1. The van der Waals surface area contributed by atoms with E-state index < -0.39 is 19.9 Å². The van der Waals surface area contributed by atoms with Crippen LogP contribution >= 0.6 is 8.25 Å². The third-order valence-electron chi connectivity index (χ3n) is 0.719. The minimum Gasteiger partial charge on any atom is -0.499 e. The van der Waals surface area contributed by atoms with E-state index in [1.807, 2.05) is 0 Å². The first-order chi connectivity index (χ1) is 5.99. The van der Waals surface area contributed by atoms with E-state index >= 15 is 0 Å². The number of hydrogen-bond donors (Lipinski definition) is 1. The van der Waals surface area contributed by atoms with Gasteiger partial charge in [-0.25, -0.2) is 4.79 Å². The van der Waals surface area contributed by atoms with Crippen molar-refractivity contribution in [1.82, 2.24) is 0 Å². The highest BCUT2D eigenvalue weighted by Gasteiger charge is 2.10. The third-order valence-corrected chi connectivity index (χ3v) is 1.32. The minimum atomic E-state index is -1.83. The summed E-state index contributed by atoms with van der Waals surface area (Å²) < 4.78 is 18.3. The monoisotopic (exact) mass is 209 g/mol. The molecule has 0 aromatic heterocycles. The topological polar surface area (TPSA) is 106 Å². The van der Waals surface area contributed by atoms with Gasteiger partial charge in [-0.1, -0.05) is 0 Å². The van der Waals surface area contributed by atoms with Gasteiger partial charge in [0.25, 0.3) is 5.78 Å². The highest BCUT2D eigenvalue weighted by atomic mass is 31.1. The van der Waals surface area contributed by atoms with E-state index in [-0.39, 0.29) is 0 Å². The van der Waals surface area contributed by atoms with E-state index in [0.29, 0.717) is 0 Å². The fourth-order valence-corrected chi connectivity index (χ4v) is 0.302. The zero-order chi connectivity index (χ0) is 10.9. The lowest BCUT2D eigenvalue weighted by atomic mass is 10.4. The van der Waals surface area contributed by atoms with Gasteiger partial charge in [0.15, 0.2) is 0 Å². The van der Waals surface area contributed by atoms with Crippen LogP contribution in [0.2, 0.25) is 0 Å². The molecule has 7 nitrogen and oxygen atoms in total. The summed E-state index contributed by atoms with van der Waals surface area (Å²) in [6, 6.07) is 0. The Morgan fingerprint density at radius 2 is 1.69 bits per heavy atom. The largest absolute Gasteiger partial charge is 0.696 e. The molecule has 0 radical (unpaired) electrons. The summed E-state index contributed by atoms with van der Waals surface area (Å²) in [5.41, 5.74) is 7.68. The highest BCUT2D eigenvalue weighted by molar-refractivity contribution is 7.33. The van der Waals surface area contributed by atoms with E-state index in [0.717, 1.165) is 6.92 Å². The fourth-order valence-electron chi connectivity index (χ4n) is 0.153. The number of carbonyl (C=O) groups excluding carboxylic acids is 2. The summed E-state index contributed by atoms with van der Waals surface area (Å²) in [5, 5.41) is 1.18. The molecular weight excluding hydrogens is 199 g/mol. The second-order valence-electron chi connectivity index (χ2n) is 1.59. The molecule has 0 aliphatic rings. The van der Waals surface area contributed by atoms with Crippen molar-refractivity contribution >= 4 is 19.9 Å². The maximum Gasteiger partial charge on any atom is 0.696 e. The number of carbonyl (C=O) groups is 2. The quantitative estimate of drug-likeness (QED) is 0.370. The Morgan fingerprint density at radius 3 is 1.69 bits per heavy atom. The number of nitrogens with zero attached hydrogens (tertiary/aromatic N) is 1. The predicted molar refractivity (Wildman–Crippen MR) is 41.6 cm³/mol. The third kappa shape index (κ3) is 11.0. The Labute approximate surface area is 75.9 Å². The lowest BCUT2D eigenvalue weighted by Gasteiger charge is -1.74. The van der Waals surface area contributed by atoms with E-state index in [4.69, 9.17) is 5.53 Å². The summed E-state index contributed by atoms with van der Waals surface area (Å²) in [6.07, 6.45) is 0. The Kier molecular flexibility index (Phi) is 10.1. The molecule has 0 bridgehead atoms. The molecule has 0 aromatic rings. The Hall–Kier alpha value is -1.04. The van der Waals surface area contributed by atoms with E-state index in [1.54, 1.807) is 0 Å². The van der Waals surface area contributed by atoms with Gasteiger partial charge < -0.3 is 5.53 Å². The van der Waals surface area contributed by atoms with Crippen molar-refractivity contribution in [2.75, 3.05) is 14.2 Å². The van der Waals surface area contributed by atoms with E-state index in [2.05, 4.69) is 9.05 Å². The minimum absolute atomic E-state index is 0.706. The van der Waals surface area contributed by atoms with Crippen LogP contribution in [0.25, 0.3) is 5.53 Å². The number of hydrogen-bond acceptors (Lipinski definition) is 5. The van der Waals surface area contributed by atoms with Gasteiger partial charge in [-0.2, -0.15) is 0 Å². The van der Waals surface area contributed by atoms with E-state index in [1.165, 1.54) is 19.3 Å². The van der Waals surface area contributed by atoms with Gasteiger partial charge in [0, 0.05) is 11.5 Å². The fraction of sp³-hybridized carbons (Fsp3) is 0.600. The zero-order valence-corrected chi connectivity index (χ0v) is 8.33. The van der Waals surface area contributed by atoms with Crippen LogP contribution in [0.4, 0.5) is 0 Å². The van der Waals surface area contributed by atoms with Crippen LogP contribution in [0, 0.1) is 0 Å². The number of rotatable bonds is 3. The molecule has 1 N–H and O–H groups in total. The molecule has 0 aliphatic carbocycles. The normalized spacial score (nSPS) is 7.92. The summed E-state index contributed by atoms with van der Waals surface area (Å²) in [6.45, 7) is 1.06. The van der Waals surface area contributed by atoms with Crippen molar-refractivity contribution in [1.29, 1.82) is 0 Å². The molecular formula is C5H10N2O5P+. The van der Waals surface area contributed by atoms with Gasteiger partial charge in [-0.3, -0.25) is 9.91 Å². The predicted octanol–water partition coefficient (Wildman–Crippen LogP) is -0.859. The molecule has 0 saturated carbocycles. The SMILES string of the molecule is CC(=O)C(=O)[NH+]=[N-].CO[P+](=O)OC. The van der Waals surface area contributed by atoms with Gasteiger partial charge >= 0.3 is 14.2 Å². The van der Waals surface area contributed by atoms with Gasteiger partial charge in [-0.15, -0.1) is 9.05 Å². The molecule has 0 unspecified atom stereocenters. The molecule has 1 amide bonds. The molecule has 8 heteroatoms. The summed E-state index contributed by atoms with van der Waals surface area (Å²) >= 11 is 0. The highest BCUT2D eigenvalue weighted by Crippen LogP contribution is 2.18. The molecule has 0 saturated heterocycles. The van der Waals surface area contributed by atoms with Crippen LogP contribution in [0.1, 0.15) is 6.92 Å². The Balaban J connectivity index is 0. The molecule has 0 aliphatic heterocycles. The lowest BCUT2D eigenvalue weighted by Crippen LogP contribution is -2.70. The first-order valence-electron chi connectivity index (χ1n) is 3.00. The number of Topliss-reactive ketones (excluding diaryl/α,β-unsaturated/α-hetero) is 1. The molecule has 0 aromatic carbocycles. The maximum atomic E-state index is 9.88. The lowest BCUT2D eigenvalue weighted by molar-refractivity contribution is -0.392. The van der Waals surface area contributed by atoms with Crippen molar-refractivity contribution in [2.45, 2.75) is 6.92 Å². The first kappa shape index (κ1) is 14.5. The molecule has 0 spiro atoms. The molecule has 13 heavy (non-hydrogen) atoms. The molecule has 0 atom stereocenters. The summed E-state index contributed by atoms with van der Waals surface area (Å²) in [5.74, 6) is -1.69. The Bertz CT molecular complexity index is 211. The molecule has 0 fully saturated rings. The van der Waals surface area contributed by atoms with Crippen LogP contribution in [0.5, 0.6) is 0 Å². The summed E-state index contributed by atoms with van der Waals surface area (Å²) in [4.78, 5) is 19.6. The summed E-state index contributed by atoms with van der Waals surface area (Å²) in [7, 11) is 0.817. The van der Waals surface area contributed by atoms with Crippen molar-refractivity contribution in [3.05, 3.63) is 5.53 Å². The molecule has 0 heterocycles. The van der Waals surface area contributed by atoms with Crippen molar-refractivity contribution < 1.29 is 28.3 Å². The van der Waals surface area contributed by atoms with Crippen LogP contribution in [-0.2, 0) is 23.2 Å². The van der Waals surface area contributed by atoms with Gasteiger partial charge in [0.05, 0.1) is 14.2 Å². The van der Waals surface area contributed by atoms with Crippen molar-refractivity contribution in [3.8, 4) is 0 Å². The average Bonchev–Trinajstić information content (AvgIpc) is 2.16. The van der Waals surface area contributed by atoms with Crippen LogP contribution in [0.15, 0.2) is 0 Å². The maximum absolute atomic E-state index is 9.88.